The first-order valence-corrected chi connectivity index (χ1v) is 6.85. The third kappa shape index (κ3) is 2.20. The fourth-order valence-corrected chi connectivity index (χ4v) is 3.30. The molecule has 3 rings (SSSR count). The maximum atomic E-state index is 11.4. The Morgan fingerprint density at radius 2 is 2.15 bits per heavy atom. The van der Waals surface area contributed by atoms with E-state index in [0.717, 1.165) is 19.3 Å². The Hall–Kier alpha value is -1.82. The van der Waals surface area contributed by atoms with E-state index < -0.39 is 5.91 Å². The van der Waals surface area contributed by atoms with Crippen molar-refractivity contribution >= 4 is 5.91 Å². The summed E-state index contributed by atoms with van der Waals surface area (Å²) in [5.74, 6) is 1.25. The topological polar surface area (TPSA) is 100 Å². The van der Waals surface area contributed by atoms with Crippen molar-refractivity contribution in [2.75, 3.05) is 7.11 Å². The third-order valence-corrected chi connectivity index (χ3v) is 4.37. The number of hydrogen-bond acceptors (Lipinski definition) is 5. The predicted molar refractivity (Wildman–Crippen MR) is 72.5 cm³/mol. The summed E-state index contributed by atoms with van der Waals surface area (Å²) in [6.45, 7) is 0. The van der Waals surface area contributed by atoms with Crippen LogP contribution in [0.3, 0.4) is 0 Å². The van der Waals surface area contributed by atoms with Crippen molar-refractivity contribution in [3.63, 3.8) is 0 Å². The van der Waals surface area contributed by atoms with Crippen molar-refractivity contribution in [3.05, 3.63) is 17.7 Å². The zero-order valence-electron chi connectivity index (χ0n) is 11.4. The lowest BCUT2D eigenvalue weighted by Gasteiger charge is -2.39. The van der Waals surface area contributed by atoms with Gasteiger partial charge in [-0.25, -0.2) is 0 Å². The van der Waals surface area contributed by atoms with E-state index in [0.29, 0.717) is 17.7 Å². The normalized spacial score (nSPS) is 31.3. The second-order valence-corrected chi connectivity index (χ2v) is 5.62. The monoisotopic (exact) mass is 277 g/mol. The molecule has 6 heteroatoms. The number of methoxy groups -OCH3 is 1. The van der Waals surface area contributed by atoms with Gasteiger partial charge in [-0.3, -0.25) is 4.79 Å². The van der Waals surface area contributed by atoms with Gasteiger partial charge >= 0.3 is 0 Å². The minimum atomic E-state index is -0.547. The van der Waals surface area contributed by atoms with Crippen molar-refractivity contribution in [1.82, 2.24) is 4.98 Å². The standard InChI is InChI=1S/C14H19N3O3/c1-19-12-3-2-9(13(16)18)14(17-12)20-11-5-7-4-8(15)6-10(7)11/h2-3,7-8,10-11H,4-6,15H2,1H3,(H2,16,18)/t7-,8+,10?,11+/m1/s1. The number of amides is 1. The van der Waals surface area contributed by atoms with E-state index >= 15 is 0 Å². The molecule has 1 unspecified atom stereocenters. The Bertz CT molecular complexity index is 534. The summed E-state index contributed by atoms with van der Waals surface area (Å²) >= 11 is 0. The lowest BCUT2D eigenvalue weighted by molar-refractivity contribution is 0.00177. The first-order chi connectivity index (χ1) is 9.58. The van der Waals surface area contributed by atoms with Gasteiger partial charge in [0, 0.05) is 18.0 Å². The smallest absolute Gasteiger partial charge is 0.254 e. The number of fused-ring (bicyclic) bond motifs is 1. The van der Waals surface area contributed by atoms with Gasteiger partial charge in [-0.05, 0) is 31.2 Å². The zero-order valence-corrected chi connectivity index (χ0v) is 11.4. The molecule has 2 saturated carbocycles. The molecule has 1 aromatic heterocycles. The van der Waals surface area contributed by atoms with E-state index in [1.54, 1.807) is 12.1 Å². The van der Waals surface area contributed by atoms with Crippen LogP contribution in [0.2, 0.25) is 0 Å². The quantitative estimate of drug-likeness (QED) is 0.843. The summed E-state index contributed by atoms with van der Waals surface area (Å²) in [7, 11) is 1.52. The Morgan fingerprint density at radius 1 is 1.35 bits per heavy atom. The van der Waals surface area contributed by atoms with Gasteiger partial charge in [0.25, 0.3) is 5.91 Å². The van der Waals surface area contributed by atoms with Gasteiger partial charge in [0.15, 0.2) is 0 Å². The van der Waals surface area contributed by atoms with Gasteiger partial charge in [-0.2, -0.15) is 4.98 Å². The van der Waals surface area contributed by atoms with E-state index in [-0.39, 0.29) is 23.6 Å². The molecule has 1 aromatic rings. The number of pyridine rings is 1. The summed E-state index contributed by atoms with van der Waals surface area (Å²) in [5.41, 5.74) is 11.6. The number of carbonyl (C=O) groups excluding carboxylic acids is 1. The number of hydrogen-bond donors (Lipinski definition) is 2. The highest BCUT2D eigenvalue weighted by Gasteiger charge is 2.48. The Morgan fingerprint density at radius 3 is 2.80 bits per heavy atom. The van der Waals surface area contributed by atoms with Crippen LogP contribution in [0.1, 0.15) is 29.6 Å². The summed E-state index contributed by atoms with van der Waals surface area (Å²) in [6, 6.07) is 3.45. The summed E-state index contributed by atoms with van der Waals surface area (Å²) < 4.78 is 11.0. The van der Waals surface area contributed by atoms with Gasteiger partial charge in [-0.15, -0.1) is 0 Å². The molecular formula is C14H19N3O3. The molecule has 108 valence electrons. The average molecular weight is 277 g/mol. The van der Waals surface area contributed by atoms with Crippen molar-refractivity contribution in [2.45, 2.75) is 31.4 Å². The third-order valence-electron chi connectivity index (χ3n) is 4.37. The number of nitrogens with two attached hydrogens (primary N) is 2. The lowest BCUT2D eigenvalue weighted by Crippen LogP contribution is -2.42. The minimum absolute atomic E-state index is 0.0752. The van der Waals surface area contributed by atoms with Gasteiger partial charge in [0.05, 0.1) is 7.11 Å². The molecular weight excluding hydrogens is 258 g/mol. The van der Waals surface area contributed by atoms with E-state index in [2.05, 4.69) is 4.98 Å². The molecule has 4 atom stereocenters. The fraction of sp³-hybridized carbons (Fsp3) is 0.571. The number of ether oxygens (including phenoxy) is 2. The van der Waals surface area contributed by atoms with Gasteiger partial charge in [0.2, 0.25) is 11.8 Å². The largest absolute Gasteiger partial charge is 0.481 e. The van der Waals surface area contributed by atoms with Crippen LogP contribution in [0, 0.1) is 11.8 Å². The van der Waals surface area contributed by atoms with Crippen LogP contribution in [-0.2, 0) is 0 Å². The molecule has 20 heavy (non-hydrogen) atoms. The van der Waals surface area contributed by atoms with Crippen LogP contribution < -0.4 is 20.9 Å². The van der Waals surface area contributed by atoms with Crippen LogP contribution in [0.4, 0.5) is 0 Å². The Balaban J connectivity index is 1.78. The molecule has 0 spiro atoms. The molecule has 0 bridgehead atoms. The van der Waals surface area contributed by atoms with Crippen molar-refractivity contribution < 1.29 is 14.3 Å². The summed E-state index contributed by atoms with van der Waals surface area (Å²) in [4.78, 5) is 15.6. The van der Waals surface area contributed by atoms with E-state index in [9.17, 15) is 4.79 Å². The number of carbonyl (C=O) groups is 1. The van der Waals surface area contributed by atoms with Crippen LogP contribution in [0.15, 0.2) is 12.1 Å². The summed E-state index contributed by atoms with van der Waals surface area (Å²) in [6.07, 6.45) is 3.09. The molecule has 0 saturated heterocycles. The van der Waals surface area contributed by atoms with E-state index in [4.69, 9.17) is 20.9 Å². The molecule has 0 aliphatic heterocycles. The maximum Gasteiger partial charge on any atom is 0.254 e. The highest BCUT2D eigenvalue weighted by atomic mass is 16.5. The predicted octanol–water partition coefficient (Wildman–Crippen LogP) is 0.694. The number of aromatic nitrogens is 1. The van der Waals surface area contributed by atoms with Crippen LogP contribution in [0.25, 0.3) is 0 Å². The highest BCUT2D eigenvalue weighted by molar-refractivity contribution is 5.95. The number of rotatable bonds is 4. The molecule has 2 aliphatic rings. The van der Waals surface area contributed by atoms with Gasteiger partial charge < -0.3 is 20.9 Å². The Kier molecular flexibility index (Phi) is 3.25. The first kappa shape index (κ1) is 13.2. The number of primary amides is 1. The van der Waals surface area contributed by atoms with Crippen LogP contribution >= 0.6 is 0 Å². The maximum absolute atomic E-state index is 11.4. The van der Waals surface area contributed by atoms with Gasteiger partial charge in [-0.1, -0.05) is 0 Å². The fourth-order valence-electron chi connectivity index (χ4n) is 3.30. The minimum Gasteiger partial charge on any atom is -0.481 e. The molecule has 0 radical (unpaired) electrons. The van der Waals surface area contributed by atoms with Gasteiger partial charge in [0.1, 0.15) is 11.7 Å². The molecule has 2 aliphatic carbocycles. The Labute approximate surface area is 117 Å². The van der Waals surface area contributed by atoms with Crippen molar-refractivity contribution in [2.24, 2.45) is 23.3 Å². The second kappa shape index (κ2) is 4.94. The van der Waals surface area contributed by atoms with E-state index in [1.165, 1.54) is 7.11 Å². The molecule has 2 fully saturated rings. The van der Waals surface area contributed by atoms with Crippen molar-refractivity contribution in [3.8, 4) is 11.8 Å². The van der Waals surface area contributed by atoms with Crippen molar-refractivity contribution in [1.29, 1.82) is 0 Å². The number of nitrogens with zero attached hydrogens (tertiary/aromatic N) is 1. The van der Waals surface area contributed by atoms with E-state index in [1.807, 2.05) is 0 Å². The lowest BCUT2D eigenvalue weighted by atomic mass is 9.73. The van der Waals surface area contributed by atoms with Crippen LogP contribution in [-0.4, -0.2) is 30.1 Å². The SMILES string of the molecule is COc1ccc(C(N)=O)c(O[C@H]2C[C@H]3C[C@H](N)CC32)n1. The molecule has 0 aromatic carbocycles. The zero-order chi connectivity index (χ0) is 14.3. The average Bonchev–Trinajstić information content (AvgIpc) is 2.71. The highest BCUT2D eigenvalue weighted by Crippen LogP contribution is 2.48. The molecule has 6 nitrogen and oxygen atoms in total. The molecule has 1 heterocycles. The summed E-state index contributed by atoms with van der Waals surface area (Å²) in [5, 5.41) is 0. The molecule has 1 amide bonds. The first-order valence-electron chi connectivity index (χ1n) is 6.85. The second-order valence-electron chi connectivity index (χ2n) is 5.62. The van der Waals surface area contributed by atoms with Crippen LogP contribution in [0.5, 0.6) is 11.8 Å². The molecule has 4 N–H and O–H groups in total.